The van der Waals surface area contributed by atoms with Crippen LogP contribution in [0.5, 0.6) is 0 Å². The molecule has 0 saturated carbocycles. The van der Waals surface area contributed by atoms with Gasteiger partial charge >= 0.3 is 6.18 Å². The van der Waals surface area contributed by atoms with Crippen LogP contribution in [0, 0.1) is 6.92 Å². The fraction of sp³-hybridized carbons (Fsp3) is 0.214. The van der Waals surface area contributed by atoms with Gasteiger partial charge in [-0.05, 0) is 68.8 Å². The quantitative estimate of drug-likeness (QED) is 0.207. The maximum absolute atomic E-state index is 13.7. The van der Waals surface area contributed by atoms with Crippen LogP contribution in [0.4, 0.5) is 18.9 Å². The van der Waals surface area contributed by atoms with Gasteiger partial charge in [-0.15, -0.1) is 0 Å². The zero-order valence-corrected chi connectivity index (χ0v) is 25.7. The molecule has 0 fully saturated rings. The molecule has 2 aromatic carbocycles. The molecule has 0 aliphatic rings. The molecule has 4 rings (SSSR count). The topological polar surface area (TPSA) is 135 Å². The number of benzene rings is 2. The van der Waals surface area contributed by atoms with Gasteiger partial charge in [0.2, 0.25) is 10.0 Å². The fourth-order valence-corrected chi connectivity index (χ4v) is 5.86. The number of anilines is 1. The number of aryl methyl sites for hydroxylation is 1. The number of sulfonamides is 1. The van der Waals surface area contributed by atoms with Crippen LogP contribution in [0.2, 0.25) is 10.0 Å². The predicted octanol–water partition coefficient (Wildman–Crippen LogP) is 5.77. The van der Waals surface area contributed by atoms with E-state index < -0.39 is 45.0 Å². The first-order valence-corrected chi connectivity index (χ1v) is 15.1. The number of alkyl halides is 3. The van der Waals surface area contributed by atoms with Crippen LogP contribution < -0.4 is 15.4 Å². The molecule has 44 heavy (non-hydrogen) atoms. The van der Waals surface area contributed by atoms with Gasteiger partial charge in [0, 0.05) is 17.3 Å². The van der Waals surface area contributed by atoms with Crippen molar-refractivity contribution in [2.45, 2.75) is 44.4 Å². The van der Waals surface area contributed by atoms with E-state index in [2.05, 4.69) is 25.4 Å². The maximum Gasteiger partial charge on any atom is 0.417 e. The van der Waals surface area contributed by atoms with Crippen LogP contribution in [-0.2, 0) is 22.7 Å². The summed E-state index contributed by atoms with van der Waals surface area (Å²) in [7, 11) is -4.67. The molecule has 0 atom stereocenters. The lowest BCUT2D eigenvalue weighted by Gasteiger charge is -2.16. The monoisotopic (exact) mass is 668 g/mol. The third kappa shape index (κ3) is 7.38. The Bertz CT molecular complexity index is 1850. The number of carbonyl (C=O) groups is 2. The first-order valence-electron chi connectivity index (χ1n) is 12.9. The first-order chi connectivity index (χ1) is 20.6. The Balaban J connectivity index is 1.72. The number of carbonyl (C=O) groups excluding carboxylic acids is 2. The van der Waals surface area contributed by atoms with Crippen LogP contribution in [0.25, 0.3) is 5.82 Å². The summed E-state index contributed by atoms with van der Waals surface area (Å²) in [5, 5.41) is 10.1. The summed E-state index contributed by atoms with van der Waals surface area (Å²) in [6, 6.07) is 10.7. The van der Waals surface area contributed by atoms with Crippen molar-refractivity contribution in [3.05, 3.63) is 98.9 Å². The van der Waals surface area contributed by atoms with Crippen LogP contribution in [0.3, 0.4) is 0 Å². The molecule has 0 aliphatic carbocycles. The van der Waals surface area contributed by atoms with Gasteiger partial charge in [0.25, 0.3) is 11.8 Å². The van der Waals surface area contributed by atoms with Crippen molar-refractivity contribution >= 4 is 50.7 Å². The number of amides is 2. The van der Waals surface area contributed by atoms with E-state index in [4.69, 9.17) is 23.2 Å². The number of nitrogens with one attached hydrogen (secondary N) is 3. The Kier molecular flexibility index (Phi) is 9.68. The van der Waals surface area contributed by atoms with Gasteiger partial charge in [-0.2, -0.15) is 18.3 Å². The molecule has 2 heterocycles. The van der Waals surface area contributed by atoms with Crippen molar-refractivity contribution in [3.8, 4) is 5.82 Å². The number of hydrogen-bond donors (Lipinski definition) is 3. The lowest BCUT2D eigenvalue weighted by molar-refractivity contribution is -0.139. The lowest BCUT2D eigenvalue weighted by Crippen LogP contribution is -2.31. The van der Waals surface area contributed by atoms with E-state index in [-0.39, 0.29) is 44.5 Å². The van der Waals surface area contributed by atoms with Crippen LogP contribution >= 0.6 is 23.2 Å². The molecule has 0 saturated heterocycles. The standard InChI is InChI=1S/C28H25Cl2F3N6O4S/c1-15(2)36-26(40)19-12-17(29)11-16(3)24(19)37-27(41)22-13-18(38-39(22)25-21(30)8-6-10-34-25)14-35-44(42,43)23-9-5-4-7-20(23)28(31,32)33/h4-13,15,35H,14H2,1-3H3,(H,36,40)(H,37,41). The normalized spacial score (nSPS) is 11.9. The van der Waals surface area contributed by atoms with Crippen molar-refractivity contribution in [3.63, 3.8) is 0 Å². The van der Waals surface area contributed by atoms with E-state index in [9.17, 15) is 31.2 Å². The van der Waals surface area contributed by atoms with E-state index in [1.807, 2.05) is 0 Å². The van der Waals surface area contributed by atoms with Crippen molar-refractivity contribution in [1.82, 2.24) is 24.8 Å². The fourth-order valence-electron chi connectivity index (χ4n) is 4.16. The molecule has 0 aliphatic heterocycles. The molecular weight excluding hydrogens is 644 g/mol. The van der Waals surface area contributed by atoms with Gasteiger partial charge in [-0.3, -0.25) is 9.59 Å². The summed E-state index contributed by atoms with van der Waals surface area (Å²) in [6.07, 6.45) is -3.53. The summed E-state index contributed by atoms with van der Waals surface area (Å²) >= 11 is 12.5. The Hall–Kier alpha value is -3.98. The van der Waals surface area contributed by atoms with E-state index in [1.54, 1.807) is 32.9 Å². The highest BCUT2D eigenvalue weighted by molar-refractivity contribution is 7.89. The largest absolute Gasteiger partial charge is 0.417 e. The zero-order valence-electron chi connectivity index (χ0n) is 23.3. The van der Waals surface area contributed by atoms with Crippen molar-refractivity contribution < 1.29 is 31.2 Å². The highest BCUT2D eigenvalue weighted by Crippen LogP contribution is 2.34. The minimum absolute atomic E-state index is 0.0152. The third-order valence-corrected chi connectivity index (χ3v) is 8.03. The predicted molar refractivity (Wildman–Crippen MR) is 159 cm³/mol. The second kappa shape index (κ2) is 12.9. The average molecular weight is 670 g/mol. The van der Waals surface area contributed by atoms with E-state index in [0.717, 1.165) is 16.8 Å². The van der Waals surface area contributed by atoms with Crippen molar-refractivity contribution in [2.75, 3.05) is 5.32 Å². The Labute approximate surface area is 260 Å². The van der Waals surface area contributed by atoms with Gasteiger partial charge < -0.3 is 10.6 Å². The maximum atomic E-state index is 13.7. The number of hydrogen-bond acceptors (Lipinski definition) is 6. The summed E-state index contributed by atoms with van der Waals surface area (Å²) in [5.74, 6) is -1.25. The summed E-state index contributed by atoms with van der Waals surface area (Å²) in [4.78, 5) is 29.8. The Morgan fingerprint density at radius 2 is 1.73 bits per heavy atom. The van der Waals surface area contributed by atoms with E-state index in [1.165, 1.54) is 30.5 Å². The third-order valence-electron chi connectivity index (χ3n) is 6.06. The molecule has 0 unspecified atom stereocenters. The highest BCUT2D eigenvalue weighted by atomic mass is 35.5. The van der Waals surface area contributed by atoms with Gasteiger partial charge in [-0.1, -0.05) is 35.3 Å². The molecular formula is C28H25Cl2F3N6O4S. The molecule has 10 nitrogen and oxygen atoms in total. The average Bonchev–Trinajstić information content (AvgIpc) is 3.37. The summed E-state index contributed by atoms with van der Waals surface area (Å²) in [5.41, 5.74) is -0.832. The molecule has 3 N–H and O–H groups in total. The Morgan fingerprint density at radius 3 is 2.39 bits per heavy atom. The summed E-state index contributed by atoms with van der Waals surface area (Å²) in [6.45, 7) is 4.58. The Morgan fingerprint density at radius 1 is 1.02 bits per heavy atom. The van der Waals surface area contributed by atoms with Crippen LogP contribution in [0.1, 0.15) is 51.5 Å². The number of halogens is 5. The van der Waals surface area contributed by atoms with E-state index in [0.29, 0.717) is 11.6 Å². The SMILES string of the molecule is Cc1cc(Cl)cc(C(=O)NC(C)C)c1NC(=O)c1cc(CNS(=O)(=O)c2ccccc2C(F)(F)F)nn1-c1ncccc1Cl. The molecule has 0 bridgehead atoms. The molecule has 2 amide bonds. The molecule has 232 valence electrons. The first kappa shape index (κ1) is 32.9. The van der Waals surface area contributed by atoms with Gasteiger partial charge in [0.1, 0.15) is 5.69 Å². The highest BCUT2D eigenvalue weighted by Gasteiger charge is 2.37. The molecule has 4 aromatic rings. The second-order valence-corrected chi connectivity index (χ2v) is 12.4. The van der Waals surface area contributed by atoms with Crippen LogP contribution in [-0.4, -0.2) is 41.0 Å². The molecule has 16 heteroatoms. The van der Waals surface area contributed by atoms with Gasteiger partial charge in [0.15, 0.2) is 5.82 Å². The van der Waals surface area contributed by atoms with Crippen molar-refractivity contribution in [2.24, 2.45) is 0 Å². The number of rotatable bonds is 9. The van der Waals surface area contributed by atoms with E-state index >= 15 is 0 Å². The zero-order chi connectivity index (χ0) is 32.4. The summed E-state index contributed by atoms with van der Waals surface area (Å²) < 4.78 is 69.4. The molecule has 0 spiro atoms. The number of aromatic nitrogens is 3. The smallest absolute Gasteiger partial charge is 0.350 e. The lowest BCUT2D eigenvalue weighted by atomic mass is 10.1. The van der Waals surface area contributed by atoms with Gasteiger partial charge in [-0.25, -0.2) is 22.8 Å². The minimum Gasteiger partial charge on any atom is -0.350 e. The number of nitrogens with zero attached hydrogens (tertiary/aromatic N) is 3. The van der Waals surface area contributed by atoms with Gasteiger partial charge in [0.05, 0.1) is 39.0 Å². The minimum atomic E-state index is -4.92. The number of pyridine rings is 1. The van der Waals surface area contributed by atoms with Crippen LogP contribution in [0.15, 0.2) is 65.7 Å². The molecule has 2 aromatic heterocycles. The second-order valence-electron chi connectivity index (χ2n) is 9.79. The van der Waals surface area contributed by atoms with Crippen molar-refractivity contribution in [1.29, 1.82) is 0 Å². The molecule has 0 radical (unpaired) electrons.